The minimum atomic E-state index is -3.93. The van der Waals surface area contributed by atoms with Crippen molar-refractivity contribution in [2.75, 3.05) is 32.6 Å². The Bertz CT molecular complexity index is 1630. The Morgan fingerprint density at radius 3 is 2.80 bits per heavy atom. The summed E-state index contributed by atoms with van der Waals surface area (Å²) in [7, 11) is -2.44. The van der Waals surface area contributed by atoms with Gasteiger partial charge in [0.15, 0.2) is 11.2 Å². The third kappa shape index (κ3) is 8.38. The van der Waals surface area contributed by atoms with E-state index in [1.165, 1.54) is 19.5 Å². The highest BCUT2D eigenvalue weighted by Crippen LogP contribution is 2.49. The highest BCUT2D eigenvalue weighted by Gasteiger charge is 2.27. The van der Waals surface area contributed by atoms with Crippen molar-refractivity contribution in [3.8, 4) is 11.5 Å². The van der Waals surface area contributed by atoms with Gasteiger partial charge in [-0.1, -0.05) is 34.1 Å². The first-order chi connectivity index (χ1) is 19.7. The third-order valence-corrected chi connectivity index (χ3v) is 7.56. The first-order valence-corrected chi connectivity index (χ1v) is 14.6. The molecular weight excluding hydrogens is 625 g/mol. The van der Waals surface area contributed by atoms with E-state index in [2.05, 4.69) is 30.9 Å². The van der Waals surface area contributed by atoms with Gasteiger partial charge < -0.3 is 33.8 Å². The number of rotatable bonds is 13. The summed E-state index contributed by atoms with van der Waals surface area (Å²) >= 11 is 3.37. The van der Waals surface area contributed by atoms with Crippen molar-refractivity contribution in [1.82, 2.24) is 19.5 Å². The van der Waals surface area contributed by atoms with Crippen LogP contribution in [0, 0.1) is 6.92 Å². The first-order valence-electron chi connectivity index (χ1n) is 12.1. The standard InChI is InChI=1S/C25H27BrN5O9P/c1-16-6-7-19(11-20(16)35-2)40-25(33)37-14-39-41(34,38-12-17-4-3-5-18(26)10-17)15-36-9-8-31-13-28-21-22(31)29-24(27)30-23(21)32/h3-7,10-11,13H,8-9,12,14-15H2,1-2H3,(H3,27,29,30,32). The Hall–Kier alpha value is -3.75. The van der Waals surface area contributed by atoms with Crippen molar-refractivity contribution in [2.24, 2.45) is 0 Å². The van der Waals surface area contributed by atoms with Crippen molar-refractivity contribution in [2.45, 2.75) is 20.1 Å². The molecule has 2 heterocycles. The quantitative estimate of drug-likeness (QED) is 0.0687. The van der Waals surface area contributed by atoms with Gasteiger partial charge in [0.1, 0.15) is 17.8 Å². The molecule has 0 aliphatic carbocycles. The van der Waals surface area contributed by atoms with Crippen LogP contribution >= 0.6 is 23.5 Å². The summed E-state index contributed by atoms with van der Waals surface area (Å²) in [6.45, 7) is 1.30. The number of aryl methyl sites for hydroxylation is 1. The number of nitrogens with zero attached hydrogens (tertiary/aromatic N) is 3. The molecule has 0 aliphatic rings. The molecule has 41 heavy (non-hydrogen) atoms. The number of anilines is 1. The lowest BCUT2D eigenvalue weighted by molar-refractivity contribution is 0.0153. The Kier molecular flexibility index (Phi) is 10.1. The van der Waals surface area contributed by atoms with Crippen LogP contribution in [-0.4, -0.2) is 52.5 Å². The molecule has 0 bridgehead atoms. The predicted molar refractivity (Wildman–Crippen MR) is 151 cm³/mol. The molecular formula is C25H27BrN5O9P. The summed E-state index contributed by atoms with van der Waals surface area (Å²) in [6, 6.07) is 12.0. The van der Waals surface area contributed by atoms with Crippen molar-refractivity contribution in [3.05, 3.63) is 74.7 Å². The maximum absolute atomic E-state index is 13.5. The van der Waals surface area contributed by atoms with E-state index in [0.717, 1.165) is 15.6 Å². The summed E-state index contributed by atoms with van der Waals surface area (Å²) in [6.07, 6.45) is -0.125. The van der Waals surface area contributed by atoms with Gasteiger partial charge in [0.2, 0.25) is 12.7 Å². The van der Waals surface area contributed by atoms with Crippen LogP contribution in [0.3, 0.4) is 0 Å². The second-order valence-electron chi connectivity index (χ2n) is 8.49. The van der Waals surface area contributed by atoms with E-state index in [9.17, 15) is 14.2 Å². The van der Waals surface area contributed by atoms with Gasteiger partial charge in [-0.25, -0.2) is 9.78 Å². The summed E-state index contributed by atoms with van der Waals surface area (Å²) in [4.78, 5) is 34.6. The number of benzene rings is 2. The van der Waals surface area contributed by atoms with E-state index >= 15 is 0 Å². The zero-order valence-corrected chi connectivity index (χ0v) is 24.6. The number of H-pyrrole nitrogens is 1. The molecule has 0 spiro atoms. The Labute approximate surface area is 242 Å². The molecule has 0 saturated heterocycles. The number of fused-ring (bicyclic) bond motifs is 1. The number of carbonyl (C=O) groups excluding carboxylic acids is 1. The first kappa shape index (κ1) is 30.2. The molecule has 14 nitrogen and oxygen atoms in total. The fourth-order valence-corrected chi connectivity index (χ4v) is 5.11. The number of hydrogen-bond acceptors (Lipinski definition) is 12. The molecule has 4 aromatic rings. The number of halogens is 1. The summed E-state index contributed by atoms with van der Waals surface area (Å²) in [5.41, 5.74) is 7.13. The lowest BCUT2D eigenvalue weighted by Gasteiger charge is -2.19. The minimum absolute atomic E-state index is 0.0333. The largest absolute Gasteiger partial charge is 0.515 e. The highest BCUT2D eigenvalue weighted by atomic mass is 79.9. The normalized spacial score (nSPS) is 12.7. The van der Waals surface area contributed by atoms with Crippen LogP contribution in [0.2, 0.25) is 0 Å². The summed E-state index contributed by atoms with van der Waals surface area (Å²) in [5.74, 6) is 0.674. The number of aromatic nitrogens is 4. The molecule has 0 saturated carbocycles. The van der Waals surface area contributed by atoms with Gasteiger partial charge in [-0.15, -0.1) is 0 Å². The van der Waals surface area contributed by atoms with Gasteiger partial charge in [0.05, 0.1) is 26.7 Å². The van der Waals surface area contributed by atoms with Gasteiger partial charge in [-0.3, -0.25) is 18.9 Å². The third-order valence-electron chi connectivity index (χ3n) is 5.54. The van der Waals surface area contributed by atoms with Crippen LogP contribution in [0.5, 0.6) is 11.5 Å². The summed E-state index contributed by atoms with van der Waals surface area (Å²) < 4.78 is 47.7. The number of carbonyl (C=O) groups is 1. The van der Waals surface area contributed by atoms with Crippen LogP contribution in [0.4, 0.5) is 10.7 Å². The van der Waals surface area contributed by atoms with E-state index in [1.807, 2.05) is 13.0 Å². The molecule has 218 valence electrons. The fourth-order valence-electron chi connectivity index (χ4n) is 3.53. The van der Waals surface area contributed by atoms with Gasteiger partial charge in [0, 0.05) is 17.1 Å². The van der Waals surface area contributed by atoms with Crippen LogP contribution in [0.15, 0.2) is 58.1 Å². The number of imidazole rings is 1. The van der Waals surface area contributed by atoms with Crippen molar-refractivity contribution in [1.29, 1.82) is 0 Å². The molecule has 0 aliphatic heterocycles. The SMILES string of the molecule is COc1cc(OC(=O)OCOP(=O)(COCCn2cnc3c(=O)[nH]c(N)nc32)OCc2cccc(Br)c2)ccc1C. The van der Waals surface area contributed by atoms with Gasteiger partial charge in [-0.2, -0.15) is 4.98 Å². The van der Waals surface area contributed by atoms with Crippen LogP contribution in [0.1, 0.15) is 11.1 Å². The Morgan fingerprint density at radius 1 is 1.20 bits per heavy atom. The Morgan fingerprint density at radius 2 is 2.02 bits per heavy atom. The van der Waals surface area contributed by atoms with Crippen LogP contribution in [0.25, 0.3) is 11.2 Å². The second kappa shape index (κ2) is 13.7. The molecule has 4 rings (SSSR count). The van der Waals surface area contributed by atoms with Crippen molar-refractivity contribution < 1.29 is 37.4 Å². The molecule has 1 unspecified atom stereocenters. The van der Waals surface area contributed by atoms with E-state index in [1.54, 1.807) is 34.9 Å². The maximum atomic E-state index is 13.5. The molecule has 16 heteroatoms. The Balaban J connectivity index is 1.34. The number of ether oxygens (including phenoxy) is 4. The molecule has 3 N–H and O–H groups in total. The van der Waals surface area contributed by atoms with Gasteiger partial charge >= 0.3 is 13.8 Å². The molecule has 1 atom stereocenters. The fraction of sp³-hybridized carbons (Fsp3) is 0.280. The molecule has 2 aromatic carbocycles. The summed E-state index contributed by atoms with van der Waals surface area (Å²) in [5, 5.41) is 0. The van der Waals surface area contributed by atoms with E-state index in [4.69, 9.17) is 33.7 Å². The number of nitrogen functional groups attached to an aromatic ring is 1. The number of hydrogen-bond donors (Lipinski definition) is 2. The number of nitrogens with one attached hydrogen (secondary N) is 1. The van der Waals surface area contributed by atoms with Crippen LogP contribution in [-0.2, 0) is 36.2 Å². The monoisotopic (exact) mass is 651 g/mol. The number of aromatic amines is 1. The van der Waals surface area contributed by atoms with E-state index < -0.39 is 32.5 Å². The van der Waals surface area contributed by atoms with Gasteiger partial charge in [-0.05, 0) is 36.2 Å². The molecule has 0 radical (unpaired) electrons. The smallest absolute Gasteiger partial charge is 0.496 e. The molecule has 0 amide bonds. The lowest BCUT2D eigenvalue weighted by Crippen LogP contribution is -2.15. The van der Waals surface area contributed by atoms with Crippen LogP contribution < -0.4 is 20.8 Å². The van der Waals surface area contributed by atoms with E-state index in [0.29, 0.717) is 5.75 Å². The van der Waals surface area contributed by atoms with E-state index in [-0.39, 0.29) is 42.6 Å². The highest BCUT2D eigenvalue weighted by molar-refractivity contribution is 9.10. The molecule has 2 aromatic heterocycles. The zero-order chi connectivity index (χ0) is 29.4. The molecule has 0 fully saturated rings. The topological polar surface area (TPSA) is 179 Å². The predicted octanol–water partition coefficient (Wildman–Crippen LogP) is 4.36. The second-order valence-corrected chi connectivity index (χ2v) is 11.4. The van der Waals surface area contributed by atoms with Crippen molar-refractivity contribution in [3.63, 3.8) is 0 Å². The average Bonchev–Trinajstić information content (AvgIpc) is 3.34. The number of nitrogens with two attached hydrogens (primary N) is 1. The number of methoxy groups -OCH3 is 1. The lowest BCUT2D eigenvalue weighted by atomic mass is 10.2. The average molecular weight is 652 g/mol. The minimum Gasteiger partial charge on any atom is -0.496 e. The van der Waals surface area contributed by atoms with Gasteiger partial charge in [0.25, 0.3) is 5.56 Å². The maximum Gasteiger partial charge on any atom is 0.515 e. The zero-order valence-electron chi connectivity index (χ0n) is 22.1. The van der Waals surface area contributed by atoms with Crippen molar-refractivity contribution >= 4 is 46.8 Å².